The van der Waals surface area contributed by atoms with E-state index in [0.717, 1.165) is 23.0 Å². The maximum atomic E-state index is 13.4. The van der Waals surface area contributed by atoms with Crippen LogP contribution in [0.1, 0.15) is 27.2 Å². The highest BCUT2D eigenvalue weighted by molar-refractivity contribution is 7.22. The molecule has 1 amide bonds. The number of hydrogen-bond acceptors (Lipinski definition) is 4. The van der Waals surface area contributed by atoms with Gasteiger partial charge in [-0.2, -0.15) is 13.2 Å². The number of alkyl halides is 3. The van der Waals surface area contributed by atoms with Crippen LogP contribution in [0.5, 0.6) is 0 Å². The average molecular weight is 365 g/mol. The van der Waals surface area contributed by atoms with Gasteiger partial charge in [0, 0.05) is 16.8 Å². The Labute approximate surface area is 145 Å². The molecule has 3 rings (SSSR count). The highest BCUT2D eigenvalue weighted by Crippen LogP contribution is 2.42. The van der Waals surface area contributed by atoms with Crippen LogP contribution in [-0.4, -0.2) is 10.9 Å². The summed E-state index contributed by atoms with van der Waals surface area (Å²) >= 11 is 0.870. The van der Waals surface area contributed by atoms with Gasteiger partial charge in [0.2, 0.25) is 0 Å². The standard InChI is InChI=1S/C17H14F3N3OS/c1-8-3-5-10(6-4-8)23-15(24)13-12-11(17(18,19)20)7-9(2)22-16(12)25-14(13)21/h3-7H,21H2,1-2H3,(H,23,24). The number of nitrogens with two attached hydrogens (primary N) is 1. The summed E-state index contributed by atoms with van der Waals surface area (Å²) in [4.78, 5) is 16.8. The number of nitrogens with zero attached hydrogens (tertiary/aromatic N) is 1. The van der Waals surface area contributed by atoms with Gasteiger partial charge in [0.15, 0.2) is 0 Å². The molecule has 0 aliphatic carbocycles. The second kappa shape index (κ2) is 6.03. The molecule has 1 aromatic carbocycles. The van der Waals surface area contributed by atoms with Gasteiger partial charge in [-0.1, -0.05) is 29.0 Å². The number of carbonyl (C=O) groups excluding carboxylic acids is 1. The van der Waals surface area contributed by atoms with Crippen molar-refractivity contribution in [2.45, 2.75) is 20.0 Å². The van der Waals surface area contributed by atoms with Gasteiger partial charge in [-0.15, -0.1) is 0 Å². The molecule has 0 aliphatic heterocycles. The van der Waals surface area contributed by atoms with Gasteiger partial charge in [0.1, 0.15) is 9.83 Å². The van der Waals surface area contributed by atoms with Crippen LogP contribution in [-0.2, 0) is 6.18 Å². The molecule has 0 bridgehead atoms. The molecule has 25 heavy (non-hydrogen) atoms. The summed E-state index contributed by atoms with van der Waals surface area (Å²) in [5, 5.41) is 2.33. The van der Waals surface area contributed by atoms with E-state index < -0.39 is 17.6 Å². The van der Waals surface area contributed by atoms with Crippen LogP contribution in [0.2, 0.25) is 0 Å². The molecular formula is C17H14F3N3OS. The van der Waals surface area contributed by atoms with Crippen LogP contribution in [0.3, 0.4) is 0 Å². The zero-order valence-electron chi connectivity index (χ0n) is 13.4. The van der Waals surface area contributed by atoms with Crippen molar-refractivity contribution in [1.82, 2.24) is 4.98 Å². The lowest BCUT2D eigenvalue weighted by Crippen LogP contribution is -2.15. The lowest BCUT2D eigenvalue weighted by atomic mass is 10.1. The first-order valence-electron chi connectivity index (χ1n) is 7.31. The molecule has 0 fully saturated rings. The monoisotopic (exact) mass is 365 g/mol. The number of carbonyl (C=O) groups is 1. The number of anilines is 2. The van der Waals surface area contributed by atoms with Gasteiger partial charge in [0.25, 0.3) is 5.91 Å². The van der Waals surface area contributed by atoms with Gasteiger partial charge in [0.05, 0.1) is 11.1 Å². The highest BCUT2D eigenvalue weighted by Gasteiger charge is 2.36. The molecule has 2 aromatic heterocycles. The first-order valence-corrected chi connectivity index (χ1v) is 8.13. The summed E-state index contributed by atoms with van der Waals surface area (Å²) in [5.41, 5.74) is 6.43. The second-order valence-electron chi connectivity index (χ2n) is 5.65. The highest BCUT2D eigenvalue weighted by atomic mass is 32.1. The molecule has 4 nitrogen and oxygen atoms in total. The largest absolute Gasteiger partial charge is 0.417 e. The minimum atomic E-state index is -4.61. The van der Waals surface area contributed by atoms with Gasteiger partial charge >= 0.3 is 6.18 Å². The van der Waals surface area contributed by atoms with E-state index >= 15 is 0 Å². The van der Waals surface area contributed by atoms with E-state index in [1.807, 2.05) is 6.92 Å². The third-order valence-corrected chi connectivity index (χ3v) is 4.57. The molecule has 2 heterocycles. The molecule has 0 atom stereocenters. The summed E-state index contributed by atoms with van der Waals surface area (Å²) in [6.07, 6.45) is -4.61. The van der Waals surface area contributed by atoms with Crippen LogP contribution in [0.4, 0.5) is 23.9 Å². The Morgan fingerprint density at radius 2 is 1.84 bits per heavy atom. The first-order chi connectivity index (χ1) is 11.7. The summed E-state index contributed by atoms with van der Waals surface area (Å²) in [5.74, 6) is -0.691. The molecule has 0 radical (unpaired) electrons. The van der Waals surface area contributed by atoms with Crippen molar-refractivity contribution in [3.63, 3.8) is 0 Å². The maximum absolute atomic E-state index is 13.4. The van der Waals surface area contributed by atoms with Crippen LogP contribution in [0, 0.1) is 13.8 Å². The number of thiophene rings is 1. The van der Waals surface area contributed by atoms with Gasteiger partial charge in [-0.3, -0.25) is 4.79 Å². The normalized spacial score (nSPS) is 11.7. The Balaban J connectivity index is 2.13. The zero-order chi connectivity index (χ0) is 18.4. The van der Waals surface area contributed by atoms with Crippen molar-refractivity contribution in [1.29, 1.82) is 0 Å². The Kier molecular flexibility index (Phi) is 4.16. The van der Waals surface area contributed by atoms with E-state index in [2.05, 4.69) is 10.3 Å². The molecular weight excluding hydrogens is 351 g/mol. The number of nitrogen functional groups attached to an aromatic ring is 1. The predicted molar refractivity (Wildman–Crippen MR) is 92.9 cm³/mol. The number of nitrogens with one attached hydrogen (secondary N) is 1. The van der Waals surface area contributed by atoms with Crippen LogP contribution < -0.4 is 11.1 Å². The summed E-state index contributed by atoms with van der Waals surface area (Å²) < 4.78 is 40.3. The molecule has 130 valence electrons. The Morgan fingerprint density at radius 1 is 1.20 bits per heavy atom. The van der Waals surface area contributed by atoms with E-state index in [4.69, 9.17) is 5.73 Å². The second-order valence-corrected chi connectivity index (χ2v) is 6.68. The number of pyridine rings is 1. The minimum Gasteiger partial charge on any atom is -0.390 e. The molecule has 3 aromatic rings. The third-order valence-electron chi connectivity index (χ3n) is 3.66. The maximum Gasteiger partial charge on any atom is 0.417 e. The Hall–Kier alpha value is -2.61. The van der Waals surface area contributed by atoms with Crippen molar-refractivity contribution in [2.75, 3.05) is 11.1 Å². The SMILES string of the molecule is Cc1ccc(NC(=O)c2c(N)sc3nc(C)cc(C(F)(F)F)c23)cc1. The van der Waals surface area contributed by atoms with E-state index in [-0.39, 0.29) is 26.5 Å². The third kappa shape index (κ3) is 3.30. The topological polar surface area (TPSA) is 68.0 Å². The Morgan fingerprint density at radius 3 is 2.44 bits per heavy atom. The van der Waals surface area contributed by atoms with Crippen molar-refractivity contribution in [2.24, 2.45) is 0 Å². The number of hydrogen-bond donors (Lipinski definition) is 2. The smallest absolute Gasteiger partial charge is 0.390 e. The van der Waals surface area contributed by atoms with Crippen molar-refractivity contribution >= 4 is 38.1 Å². The van der Waals surface area contributed by atoms with E-state index in [1.54, 1.807) is 24.3 Å². The minimum absolute atomic E-state index is 0.00297. The number of halogens is 3. The van der Waals surface area contributed by atoms with Crippen molar-refractivity contribution in [3.8, 4) is 0 Å². The molecule has 0 unspecified atom stereocenters. The van der Waals surface area contributed by atoms with E-state index in [0.29, 0.717) is 5.69 Å². The molecule has 0 spiro atoms. The fourth-order valence-electron chi connectivity index (χ4n) is 2.52. The molecule has 8 heteroatoms. The Bertz CT molecular complexity index is 962. The molecule has 0 aliphatic rings. The first kappa shape index (κ1) is 17.2. The van der Waals surface area contributed by atoms with Gasteiger partial charge < -0.3 is 11.1 Å². The van der Waals surface area contributed by atoms with Gasteiger partial charge in [-0.05, 0) is 32.0 Å². The van der Waals surface area contributed by atoms with Crippen LogP contribution in [0.25, 0.3) is 10.2 Å². The fraction of sp³-hybridized carbons (Fsp3) is 0.176. The van der Waals surface area contributed by atoms with Crippen LogP contribution in [0.15, 0.2) is 30.3 Å². The molecule has 0 saturated carbocycles. The molecule has 3 N–H and O–H groups in total. The number of fused-ring (bicyclic) bond motifs is 1. The summed E-state index contributed by atoms with van der Waals surface area (Å²) in [7, 11) is 0. The number of rotatable bonds is 2. The van der Waals surface area contributed by atoms with E-state index in [9.17, 15) is 18.0 Å². The number of aromatic nitrogens is 1. The number of amides is 1. The predicted octanol–water partition coefficient (Wildman–Crippen LogP) is 4.77. The fourth-order valence-corrected chi connectivity index (χ4v) is 3.53. The summed E-state index contributed by atoms with van der Waals surface area (Å²) in [6, 6.07) is 7.85. The van der Waals surface area contributed by atoms with Crippen molar-refractivity contribution < 1.29 is 18.0 Å². The lowest BCUT2D eigenvalue weighted by Gasteiger charge is -2.11. The molecule has 0 saturated heterocycles. The average Bonchev–Trinajstić information content (AvgIpc) is 2.83. The number of aryl methyl sites for hydroxylation is 2. The van der Waals surface area contributed by atoms with Gasteiger partial charge in [-0.25, -0.2) is 4.98 Å². The van der Waals surface area contributed by atoms with Crippen molar-refractivity contribution in [3.05, 3.63) is 52.7 Å². The van der Waals surface area contributed by atoms with E-state index in [1.165, 1.54) is 6.92 Å². The zero-order valence-corrected chi connectivity index (χ0v) is 14.2. The number of benzene rings is 1. The summed E-state index contributed by atoms with van der Waals surface area (Å²) in [6.45, 7) is 3.36. The lowest BCUT2D eigenvalue weighted by molar-refractivity contribution is -0.136. The quantitative estimate of drug-likeness (QED) is 0.688. The van der Waals surface area contributed by atoms with Crippen LogP contribution >= 0.6 is 11.3 Å².